The van der Waals surface area contributed by atoms with Crippen LogP contribution in [0.2, 0.25) is 0 Å². The first kappa shape index (κ1) is 17.5. The summed E-state index contributed by atoms with van der Waals surface area (Å²) in [5.41, 5.74) is 2.82. The zero-order valence-electron chi connectivity index (χ0n) is 15.9. The SMILES string of the molecule is COc1ccccc1NC1(c2nnnn2-c2ccccc2C)CCCCC1. The normalized spacial score (nSPS) is 16.1. The van der Waals surface area contributed by atoms with Crippen molar-refractivity contribution in [2.24, 2.45) is 0 Å². The second kappa shape index (κ2) is 7.39. The molecule has 0 spiro atoms. The molecule has 1 aromatic heterocycles. The smallest absolute Gasteiger partial charge is 0.181 e. The molecule has 0 saturated heterocycles. The van der Waals surface area contributed by atoms with E-state index in [1.54, 1.807) is 7.11 Å². The third kappa shape index (κ3) is 3.27. The number of anilines is 1. The molecule has 0 atom stereocenters. The minimum absolute atomic E-state index is 0.321. The predicted octanol–water partition coefficient (Wildman–Crippen LogP) is 4.25. The van der Waals surface area contributed by atoms with Crippen LogP contribution in [0.3, 0.4) is 0 Å². The topological polar surface area (TPSA) is 64.9 Å². The molecule has 1 saturated carbocycles. The van der Waals surface area contributed by atoms with E-state index >= 15 is 0 Å². The zero-order chi connectivity index (χ0) is 18.7. The van der Waals surface area contributed by atoms with Crippen LogP contribution in [-0.4, -0.2) is 27.3 Å². The van der Waals surface area contributed by atoms with E-state index < -0.39 is 0 Å². The van der Waals surface area contributed by atoms with E-state index in [1.165, 1.54) is 6.42 Å². The van der Waals surface area contributed by atoms with Gasteiger partial charge in [0.1, 0.15) is 5.75 Å². The molecule has 0 amide bonds. The summed E-state index contributed by atoms with van der Waals surface area (Å²) in [6, 6.07) is 16.2. The number of aryl methyl sites for hydroxylation is 1. The molecule has 1 N–H and O–H groups in total. The molecule has 6 nitrogen and oxygen atoms in total. The molecule has 4 rings (SSSR count). The number of tetrazole rings is 1. The Kier molecular flexibility index (Phi) is 4.79. The highest BCUT2D eigenvalue weighted by Crippen LogP contribution is 2.41. The second-order valence-corrected chi connectivity index (χ2v) is 7.17. The van der Waals surface area contributed by atoms with Crippen LogP contribution in [0, 0.1) is 6.92 Å². The standard InChI is InChI=1S/C21H25N5O/c1-16-10-4-6-12-18(16)26-20(23-24-25-26)21(14-8-3-9-15-21)22-17-11-5-7-13-19(17)27-2/h4-7,10-13,22H,3,8-9,14-15H2,1-2H3. The molecule has 6 heteroatoms. The van der Waals surface area contributed by atoms with Crippen LogP contribution < -0.4 is 10.1 Å². The molecule has 0 bridgehead atoms. The van der Waals surface area contributed by atoms with Crippen molar-refractivity contribution in [3.05, 3.63) is 59.9 Å². The molecule has 1 heterocycles. The summed E-state index contributed by atoms with van der Waals surface area (Å²) in [6.45, 7) is 2.09. The number of benzene rings is 2. The number of para-hydroxylation sites is 3. The third-order valence-corrected chi connectivity index (χ3v) is 5.43. The number of hydrogen-bond donors (Lipinski definition) is 1. The quantitative estimate of drug-likeness (QED) is 0.734. The highest BCUT2D eigenvalue weighted by molar-refractivity contribution is 5.58. The van der Waals surface area contributed by atoms with Gasteiger partial charge in [0.2, 0.25) is 0 Å². The number of nitrogens with zero attached hydrogens (tertiary/aromatic N) is 4. The van der Waals surface area contributed by atoms with Gasteiger partial charge in [-0.25, -0.2) is 0 Å². The summed E-state index contributed by atoms with van der Waals surface area (Å²) in [5.74, 6) is 1.69. The van der Waals surface area contributed by atoms with E-state index in [4.69, 9.17) is 4.74 Å². The van der Waals surface area contributed by atoms with Crippen LogP contribution in [0.25, 0.3) is 5.69 Å². The number of ether oxygens (including phenoxy) is 1. The first-order valence-electron chi connectivity index (χ1n) is 9.50. The van der Waals surface area contributed by atoms with Crippen LogP contribution in [0.4, 0.5) is 5.69 Å². The molecule has 2 aromatic carbocycles. The van der Waals surface area contributed by atoms with Crippen molar-refractivity contribution in [1.29, 1.82) is 0 Å². The Labute approximate surface area is 159 Å². The van der Waals surface area contributed by atoms with Gasteiger partial charge in [0, 0.05) is 0 Å². The number of nitrogens with one attached hydrogen (secondary N) is 1. The van der Waals surface area contributed by atoms with Crippen molar-refractivity contribution in [3.8, 4) is 11.4 Å². The van der Waals surface area contributed by atoms with Gasteiger partial charge in [-0.3, -0.25) is 0 Å². The lowest BCUT2D eigenvalue weighted by atomic mass is 9.80. The Morgan fingerprint density at radius 3 is 2.52 bits per heavy atom. The van der Waals surface area contributed by atoms with Crippen molar-refractivity contribution < 1.29 is 4.74 Å². The van der Waals surface area contributed by atoms with Crippen LogP contribution in [0.1, 0.15) is 43.5 Å². The minimum atomic E-state index is -0.321. The van der Waals surface area contributed by atoms with Gasteiger partial charge in [0.15, 0.2) is 5.82 Å². The number of hydrogen-bond acceptors (Lipinski definition) is 5. The first-order chi connectivity index (χ1) is 13.2. The van der Waals surface area contributed by atoms with Crippen LogP contribution in [0.15, 0.2) is 48.5 Å². The lowest BCUT2D eigenvalue weighted by molar-refractivity contribution is 0.307. The Balaban J connectivity index is 1.80. The van der Waals surface area contributed by atoms with Gasteiger partial charge >= 0.3 is 0 Å². The minimum Gasteiger partial charge on any atom is -0.495 e. The maximum atomic E-state index is 5.56. The molecule has 0 unspecified atom stereocenters. The maximum Gasteiger partial charge on any atom is 0.181 e. The molecule has 0 radical (unpaired) electrons. The highest BCUT2D eigenvalue weighted by Gasteiger charge is 2.40. The molecule has 0 aliphatic heterocycles. The van der Waals surface area contributed by atoms with Gasteiger partial charge in [-0.1, -0.05) is 49.6 Å². The van der Waals surface area contributed by atoms with Crippen molar-refractivity contribution in [2.45, 2.75) is 44.6 Å². The zero-order valence-corrected chi connectivity index (χ0v) is 15.9. The van der Waals surface area contributed by atoms with Crippen molar-refractivity contribution >= 4 is 5.69 Å². The van der Waals surface area contributed by atoms with Crippen molar-refractivity contribution in [3.63, 3.8) is 0 Å². The number of methoxy groups -OCH3 is 1. The fourth-order valence-electron chi connectivity index (χ4n) is 4.01. The van der Waals surface area contributed by atoms with Gasteiger partial charge in [-0.05, 0) is 54.0 Å². The van der Waals surface area contributed by atoms with E-state index in [2.05, 4.69) is 46.0 Å². The maximum absolute atomic E-state index is 5.56. The fraction of sp³-hybridized carbons (Fsp3) is 0.381. The van der Waals surface area contributed by atoms with E-state index in [9.17, 15) is 0 Å². The van der Waals surface area contributed by atoms with E-state index in [0.717, 1.165) is 54.2 Å². The van der Waals surface area contributed by atoms with Crippen molar-refractivity contribution in [2.75, 3.05) is 12.4 Å². The summed E-state index contributed by atoms with van der Waals surface area (Å²) in [7, 11) is 1.70. The average Bonchev–Trinajstić information content (AvgIpc) is 3.20. The molecule has 1 aliphatic rings. The Morgan fingerprint density at radius 2 is 1.74 bits per heavy atom. The fourth-order valence-corrected chi connectivity index (χ4v) is 4.01. The molecule has 1 aliphatic carbocycles. The number of aromatic nitrogens is 4. The van der Waals surface area contributed by atoms with E-state index in [0.29, 0.717) is 0 Å². The number of rotatable bonds is 5. The predicted molar refractivity (Wildman–Crippen MR) is 105 cm³/mol. The third-order valence-electron chi connectivity index (χ3n) is 5.43. The Bertz CT molecular complexity index is 914. The summed E-state index contributed by atoms with van der Waals surface area (Å²) < 4.78 is 7.45. The molecule has 3 aromatic rings. The average molecular weight is 363 g/mol. The van der Waals surface area contributed by atoms with Crippen LogP contribution >= 0.6 is 0 Å². The molecule has 27 heavy (non-hydrogen) atoms. The highest BCUT2D eigenvalue weighted by atomic mass is 16.5. The second-order valence-electron chi connectivity index (χ2n) is 7.17. The monoisotopic (exact) mass is 363 g/mol. The van der Waals surface area contributed by atoms with E-state index in [1.807, 2.05) is 35.0 Å². The molecule has 140 valence electrons. The molecular weight excluding hydrogens is 338 g/mol. The molecule has 1 fully saturated rings. The van der Waals surface area contributed by atoms with Gasteiger partial charge in [0.05, 0.1) is 24.0 Å². The summed E-state index contributed by atoms with van der Waals surface area (Å²) in [5, 5.41) is 16.6. The van der Waals surface area contributed by atoms with Crippen LogP contribution in [-0.2, 0) is 5.54 Å². The summed E-state index contributed by atoms with van der Waals surface area (Å²) >= 11 is 0. The largest absolute Gasteiger partial charge is 0.495 e. The Morgan fingerprint density at radius 1 is 1.00 bits per heavy atom. The van der Waals surface area contributed by atoms with Gasteiger partial charge in [-0.2, -0.15) is 4.68 Å². The van der Waals surface area contributed by atoms with E-state index in [-0.39, 0.29) is 5.54 Å². The molecular formula is C21H25N5O. The van der Waals surface area contributed by atoms with Gasteiger partial charge in [-0.15, -0.1) is 5.10 Å². The first-order valence-corrected chi connectivity index (χ1v) is 9.50. The van der Waals surface area contributed by atoms with Gasteiger partial charge in [0.25, 0.3) is 0 Å². The van der Waals surface area contributed by atoms with Gasteiger partial charge < -0.3 is 10.1 Å². The lowest BCUT2D eigenvalue weighted by Gasteiger charge is -2.38. The Hall–Kier alpha value is -2.89. The summed E-state index contributed by atoms with van der Waals surface area (Å²) in [4.78, 5) is 0. The van der Waals surface area contributed by atoms with Crippen molar-refractivity contribution in [1.82, 2.24) is 20.2 Å². The summed E-state index contributed by atoms with van der Waals surface area (Å²) in [6.07, 6.45) is 5.49. The lowest BCUT2D eigenvalue weighted by Crippen LogP contribution is -2.40. The van der Waals surface area contributed by atoms with Crippen LogP contribution in [0.5, 0.6) is 5.75 Å².